The van der Waals surface area contributed by atoms with Gasteiger partial charge in [-0.15, -0.1) is 0 Å². The van der Waals surface area contributed by atoms with E-state index in [1.165, 1.54) is 10.9 Å². The Morgan fingerprint density at radius 2 is 2.00 bits per heavy atom. The highest BCUT2D eigenvalue weighted by molar-refractivity contribution is 9.10. The number of pyridine rings is 1. The Labute approximate surface area is 140 Å². The second-order valence-electron chi connectivity index (χ2n) is 4.55. The molecule has 0 radical (unpaired) electrons. The quantitative estimate of drug-likeness (QED) is 0.770. The van der Waals surface area contributed by atoms with Crippen LogP contribution in [0.2, 0.25) is 0 Å². The van der Waals surface area contributed by atoms with Gasteiger partial charge in [0.2, 0.25) is 0 Å². The lowest BCUT2D eigenvalue weighted by atomic mass is 10.2. The molecule has 0 spiro atoms. The summed E-state index contributed by atoms with van der Waals surface area (Å²) in [7, 11) is 0. The van der Waals surface area contributed by atoms with Gasteiger partial charge in [0.05, 0.1) is 11.8 Å². The van der Waals surface area contributed by atoms with Crippen LogP contribution in [0.4, 0.5) is 5.82 Å². The van der Waals surface area contributed by atoms with Crippen molar-refractivity contribution in [1.29, 1.82) is 5.26 Å². The van der Waals surface area contributed by atoms with Crippen molar-refractivity contribution in [3.05, 3.63) is 70.5 Å². The third-order valence-electron chi connectivity index (χ3n) is 3.11. The molecule has 0 aliphatic rings. The van der Waals surface area contributed by atoms with Crippen molar-refractivity contribution in [2.45, 2.75) is 0 Å². The molecule has 23 heavy (non-hydrogen) atoms. The third-order valence-corrected chi connectivity index (χ3v) is 3.80. The minimum absolute atomic E-state index is 0.260. The highest BCUT2D eigenvalue weighted by Crippen LogP contribution is 2.21. The first-order valence-electron chi connectivity index (χ1n) is 6.66. The average molecular weight is 368 g/mol. The van der Waals surface area contributed by atoms with E-state index >= 15 is 0 Å². The number of carbonyl (C=O) groups is 1. The van der Waals surface area contributed by atoms with E-state index < -0.39 is 0 Å². The molecule has 0 unspecified atom stereocenters. The lowest BCUT2D eigenvalue weighted by Crippen LogP contribution is -2.16. The summed E-state index contributed by atoms with van der Waals surface area (Å²) in [6, 6.07) is 14.4. The molecule has 3 aromatic rings. The van der Waals surface area contributed by atoms with Gasteiger partial charge in [0.15, 0.2) is 11.6 Å². The van der Waals surface area contributed by atoms with Crippen LogP contribution in [0.25, 0.3) is 5.82 Å². The van der Waals surface area contributed by atoms with E-state index in [0.717, 1.165) is 0 Å². The predicted octanol–water partition coefficient (Wildman–Crippen LogP) is 3.15. The lowest BCUT2D eigenvalue weighted by molar-refractivity contribution is 0.102. The number of carbonyl (C=O) groups excluding carboxylic acids is 1. The summed E-state index contributed by atoms with van der Waals surface area (Å²) >= 11 is 3.34. The number of hydrogen-bond donors (Lipinski definition) is 1. The summed E-state index contributed by atoms with van der Waals surface area (Å²) in [6.07, 6.45) is 3.01. The monoisotopic (exact) mass is 367 g/mol. The maximum absolute atomic E-state index is 12.5. The summed E-state index contributed by atoms with van der Waals surface area (Å²) in [5.41, 5.74) is 0.723. The Morgan fingerprint density at radius 3 is 2.70 bits per heavy atom. The maximum Gasteiger partial charge on any atom is 0.257 e. The van der Waals surface area contributed by atoms with Gasteiger partial charge in [-0.25, -0.2) is 4.98 Å². The van der Waals surface area contributed by atoms with Crippen molar-refractivity contribution in [2.75, 3.05) is 5.32 Å². The van der Waals surface area contributed by atoms with Crippen LogP contribution >= 0.6 is 15.9 Å². The van der Waals surface area contributed by atoms with Gasteiger partial charge in [-0.05, 0) is 40.2 Å². The molecule has 2 heterocycles. The molecule has 1 amide bonds. The van der Waals surface area contributed by atoms with Crippen LogP contribution < -0.4 is 5.32 Å². The summed E-state index contributed by atoms with van der Waals surface area (Å²) < 4.78 is 2.09. The zero-order chi connectivity index (χ0) is 16.2. The fourth-order valence-corrected chi connectivity index (χ4v) is 2.49. The summed E-state index contributed by atoms with van der Waals surface area (Å²) in [5.74, 6) is 0.454. The zero-order valence-corrected chi connectivity index (χ0v) is 13.4. The lowest BCUT2D eigenvalue weighted by Gasteiger charge is -2.09. The fraction of sp³-hybridized carbons (Fsp3) is 0. The van der Waals surface area contributed by atoms with Gasteiger partial charge in [-0.1, -0.05) is 18.2 Å². The van der Waals surface area contributed by atoms with E-state index in [1.807, 2.05) is 12.1 Å². The smallest absolute Gasteiger partial charge is 0.257 e. The molecule has 0 aliphatic heterocycles. The molecule has 1 N–H and O–H groups in total. The van der Waals surface area contributed by atoms with Crippen molar-refractivity contribution in [1.82, 2.24) is 14.8 Å². The second-order valence-corrected chi connectivity index (χ2v) is 5.41. The molecular formula is C16H10BrN5O. The van der Waals surface area contributed by atoms with Gasteiger partial charge in [-0.2, -0.15) is 15.0 Å². The fourth-order valence-electron chi connectivity index (χ4n) is 2.02. The predicted molar refractivity (Wildman–Crippen MR) is 88.2 cm³/mol. The molecule has 0 fully saturated rings. The van der Waals surface area contributed by atoms with Crippen molar-refractivity contribution < 1.29 is 4.79 Å². The van der Waals surface area contributed by atoms with Gasteiger partial charge in [0.25, 0.3) is 5.91 Å². The third kappa shape index (κ3) is 2.98. The Kier molecular flexibility index (Phi) is 4.17. The zero-order valence-electron chi connectivity index (χ0n) is 11.8. The maximum atomic E-state index is 12.5. The van der Waals surface area contributed by atoms with Crippen LogP contribution in [0.1, 0.15) is 15.9 Å². The van der Waals surface area contributed by atoms with Crippen LogP contribution in [-0.2, 0) is 0 Å². The molecule has 0 saturated carbocycles. The molecule has 0 bridgehead atoms. The number of nitrogens with one attached hydrogen (secondary N) is 1. The molecule has 0 saturated heterocycles. The summed E-state index contributed by atoms with van der Waals surface area (Å²) in [5, 5.41) is 16.1. The van der Waals surface area contributed by atoms with Crippen LogP contribution in [0, 0.1) is 11.3 Å². The van der Waals surface area contributed by atoms with Gasteiger partial charge in [0, 0.05) is 10.7 Å². The van der Waals surface area contributed by atoms with Gasteiger partial charge in [0.1, 0.15) is 11.6 Å². The van der Waals surface area contributed by atoms with E-state index in [-0.39, 0.29) is 17.3 Å². The number of hydrogen-bond acceptors (Lipinski definition) is 4. The molecule has 1 aromatic carbocycles. The Balaban J connectivity index is 2.00. The number of halogens is 1. The minimum Gasteiger partial charge on any atom is -0.305 e. The molecule has 3 rings (SSSR count). The van der Waals surface area contributed by atoms with Gasteiger partial charge >= 0.3 is 0 Å². The van der Waals surface area contributed by atoms with E-state index in [1.54, 1.807) is 42.6 Å². The largest absolute Gasteiger partial charge is 0.305 e. The number of aromatic nitrogens is 3. The Hall–Kier alpha value is -2.98. The van der Waals surface area contributed by atoms with Crippen LogP contribution in [0.3, 0.4) is 0 Å². The first kappa shape index (κ1) is 14.9. The number of rotatable bonds is 3. The normalized spacial score (nSPS) is 10.1. The molecule has 6 nitrogen and oxygen atoms in total. The highest BCUT2D eigenvalue weighted by Gasteiger charge is 2.17. The SMILES string of the molecule is N#Cc1cnn(-c2ccccn2)c1NC(=O)c1ccccc1Br. The standard InChI is InChI=1S/C16H10BrN5O/c17-13-6-2-1-5-12(13)16(23)21-15-11(9-18)10-20-22(15)14-7-3-4-8-19-14/h1-8,10H,(H,21,23). The molecule has 0 aliphatic carbocycles. The van der Waals surface area contributed by atoms with Gasteiger partial charge in [-0.3, -0.25) is 4.79 Å². The number of nitriles is 1. The first-order chi connectivity index (χ1) is 11.2. The average Bonchev–Trinajstić information content (AvgIpc) is 2.98. The number of anilines is 1. The van der Waals surface area contributed by atoms with E-state index in [9.17, 15) is 10.1 Å². The molecular weight excluding hydrogens is 358 g/mol. The van der Waals surface area contributed by atoms with Crippen molar-refractivity contribution in [2.24, 2.45) is 0 Å². The van der Waals surface area contributed by atoms with Crippen molar-refractivity contribution in [3.8, 4) is 11.9 Å². The first-order valence-corrected chi connectivity index (χ1v) is 7.45. The van der Waals surface area contributed by atoms with E-state index in [0.29, 0.717) is 15.9 Å². The number of nitrogens with zero attached hydrogens (tertiary/aromatic N) is 4. The Bertz CT molecular complexity index is 898. The number of benzene rings is 1. The van der Waals surface area contributed by atoms with E-state index in [2.05, 4.69) is 31.3 Å². The summed E-state index contributed by atoms with van der Waals surface area (Å²) in [4.78, 5) is 16.7. The van der Waals surface area contributed by atoms with Crippen molar-refractivity contribution >= 4 is 27.7 Å². The van der Waals surface area contributed by atoms with E-state index in [4.69, 9.17) is 0 Å². The van der Waals surface area contributed by atoms with Gasteiger partial charge < -0.3 is 5.32 Å². The Morgan fingerprint density at radius 1 is 1.22 bits per heavy atom. The molecule has 0 atom stereocenters. The number of amides is 1. The topological polar surface area (TPSA) is 83.6 Å². The molecule has 2 aromatic heterocycles. The second kappa shape index (κ2) is 6.42. The summed E-state index contributed by atoms with van der Waals surface area (Å²) in [6.45, 7) is 0. The van der Waals surface area contributed by atoms with Crippen LogP contribution in [0.15, 0.2) is 59.3 Å². The highest BCUT2D eigenvalue weighted by atomic mass is 79.9. The van der Waals surface area contributed by atoms with Crippen molar-refractivity contribution in [3.63, 3.8) is 0 Å². The van der Waals surface area contributed by atoms with Crippen LogP contribution in [-0.4, -0.2) is 20.7 Å². The molecule has 7 heteroatoms. The minimum atomic E-state index is -0.341. The van der Waals surface area contributed by atoms with Crippen LogP contribution in [0.5, 0.6) is 0 Å². The molecule has 112 valence electrons.